The quantitative estimate of drug-likeness (QED) is 0.724. The normalized spacial score (nSPS) is 10.4. The first-order chi connectivity index (χ1) is 8.19. The first-order valence-electron chi connectivity index (χ1n) is 5.96. The van der Waals surface area contributed by atoms with Crippen LogP contribution in [0.3, 0.4) is 0 Å². The van der Waals surface area contributed by atoms with Crippen LogP contribution in [0.2, 0.25) is 10.0 Å². The van der Waals surface area contributed by atoms with E-state index in [-0.39, 0.29) is 0 Å². The summed E-state index contributed by atoms with van der Waals surface area (Å²) >= 11 is 12.0. The zero-order valence-electron chi connectivity index (χ0n) is 10.3. The van der Waals surface area contributed by atoms with Crippen molar-refractivity contribution in [3.63, 3.8) is 0 Å². The molecule has 0 spiro atoms. The third kappa shape index (κ3) is 4.60. The molecule has 0 bridgehead atoms. The Hall–Kier alpha value is -0.670. The minimum atomic E-state index is 0.536. The van der Waals surface area contributed by atoms with Crippen molar-refractivity contribution >= 4 is 34.8 Å². The van der Waals surface area contributed by atoms with Crippen molar-refractivity contribution in [3.05, 3.63) is 16.1 Å². The number of aromatic nitrogens is 1. The number of rotatable bonds is 7. The monoisotopic (exact) mass is 275 g/mol. The highest BCUT2D eigenvalue weighted by Crippen LogP contribution is 2.28. The van der Waals surface area contributed by atoms with Crippen LogP contribution in [0.4, 0.5) is 11.6 Å². The van der Waals surface area contributed by atoms with Crippen molar-refractivity contribution in [2.45, 2.75) is 32.6 Å². The maximum atomic E-state index is 6.06. The number of hydrogen-bond donors (Lipinski definition) is 2. The Balaban J connectivity index is 2.52. The molecule has 0 saturated heterocycles. The van der Waals surface area contributed by atoms with Crippen molar-refractivity contribution < 1.29 is 0 Å². The summed E-state index contributed by atoms with van der Waals surface area (Å²) < 4.78 is 0. The highest BCUT2D eigenvalue weighted by molar-refractivity contribution is 6.37. The molecule has 0 aliphatic rings. The fraction of sp³-hybridized carbons (Fsp3) is 0.583. The van der Waals surface area contributed by atoms with Gasteiger partial charge in [-0.2, -0.15) is 0 Å². The summed E-state index contributed by atoms with van der Waals surface area (Å²) in [6.45, 7) is 3.09. The van der Waals surface area contributed by atoms with Gasteiger partial charge in [-0.25, -0.2) is 4.98 Å². The van der Waals surface area contributed by atoms with Crippen LogP contribution in [0.15, 0.2) is 6.07 Å². The molecule has 17 heavy (non-hydrogen) atoms. The molecule has 96 valence electrons. The van der Waals surface area contributed by atoms with E-state index in [1.807, 2.05) is 0 Å². The van der Waals surface area contributed by atoms with E-state index in [4.69, 9.17) is 23.2 Å². The first kappa shape index (κ1) is 14.4. The molecule has 0 atom stereocenters. The van der Waals surface area contributed by atoms with Gasteiger partial charge in [-0.3, -0.25) is 0 Å². The summed E-state index contributed by atoms with van der Waals surface area (Å²) in [6, 6.07) is 1.70. The minimum Gasteiger partial charge on any atom is -0.372 e. The van der Waals surface area contributed by atoms with Crippen LogP contribution in [0.25, 0.3) is 0 Å². The lowest BCUT2D eigenvalue weighted by molar-refractivity contribution is 0.684. The summed E-state index contributed by atoms with van der Waals surface area (Å²) in [6.07, 6.45) is 4.87. The van der Waals surface area contributed by atoms with Gasteiger partial charge in [0.2, 0.25) is 0 Å². The molecule has 0 saturated carbocycles. The molecule has 2 N–H and O–H groups in total. The van der Waals surface area contributed by atoms with E-state index >= 15 is 0 Å². The number of unbranched alkanes of at least 4 members (excludes halogenated alkanes) is 3. The van der Waals surface area contributed by atoms with Crippen molar-refractivity contribution in [1.82, 2.24) is 4.98 Å². The number of nitrogens with zero attached hydrogens (tertiary/aromatic N) is 1. The second-order valence-electron chi connectivity index (χ2n) is 3.89. The molecule has 0 fully saturated rings. The molecule has 5 heteroatoms. The zero-order chi connectivity index (χ0) is 12.7. The molecule has 1 aromatic heterocycles. The fourth-order valence-electron chi connectivity index (χ4n) is 1.52. The Morgan fingerprint density at radius 2 is 1.82 bits per heavy atom. The van der Waals surface area contributed by atoms with E-state index < -0.39 is 0 Å². The molecule has 0 aliphatic heterocycles. The van der Waals surface area contributed by atoms with Crippen molar-refractivity contribution in [3.8, 4) is 0 Å². The number of anilines is 2. The first-order valence-corrected chi connectivity index (χ1v) is 6.72. The molecule has 1 heterocycles. The van der Waals surface area contributed by atoms with E-state index in [0.717, 1.165) is 13.0 Å². The maximum absolute atomic E-state index is 6.06. The van der Waals surface area contributed by atoms with Gasteiger partial charge >= 0.3 is 0 Å². The molecular formula is C12H19Cl2N3. The molecule has 1 rings (SSSR count). The van der Waals surface area contributed by atoms with Crippen molar-refractivity contribution in [2.75, 3.05) is 24.2 Å². The van der Waals surface area contributed by atoms with Gasteiger partial charge in [0.25, 0.3) is 0 Å². The van der Waals surface area contributed by atoms with Crippen molar-refractivity contribution in [1.29, 1.82) is 0 Å². The summed E-state index contributed by atoms with van der Waals surface area (Å²) in [5.41, 5.74) is 0. The van der Waals surface area contributed by atoms with Crippen LogP contribution in [0.5, 0.6) is 0 Å². The van der Waals surface area contributed by atoms with E-state index in [1.165, 1.54) is 19.3 Å². The van der Waals surface area contributed by atoms with Crippen LogP contribution in [-0.4, -0.2) is 18.6 Å². The van der Waals surface area contributed by atoms with Gasteiger partial charge in [0, 0.05) is 13.6 Å². The highest BCUT2D eigenvalue weighted by Gasteiger charge is 2.07. The number of halogens is 2. The summed E-state index contributed by atoms with van der Waals surface area (Å²) in [4.78, 5) is 4.32. The van der Waals surface area contributed by atoms with E-state index in [1.54, 1.807) is 13.1 Å². The second kappa shape index (κ2) is 7.62. The van der Waals surface area contributed by atoms with Crippen molar-refractivity contribution in [2.24, 2.45) is 0 Å². The SMILES string of the molecule is CCCCCCNc1nc(NC)c(Cl)cc1Cl. The van der Waals surface area contributed by atoms with Crippen LogP contribution < -0.4 is 10.6 Å². The summed E-state index contributed by atoms with van der Waals surface area (Å²) in [7, 11) is 1.78. The number of pyridine rings is 1. The number of hydrogen-bond acceptors (Lipinski definition) is 3. The predicted octanol–water partition coefficient (Wildman–Crippen LogP) is 4.42. The van der Waals surface area contributed by atoms with Gasteiger partial charge in [0.15, 0.2) is 0 Å². The summed E-state index contributed by atoms with van der Waals surface area (Å²) in [5.74, 6) is 1.34. The predicted molar refractivity (Wildman–Crippen MR) is 76.4 cm³/mol. The standard InChI is InChI=1S/C12H19Cl2N3/c1-3-4-5-6-7-16-12-10(14)8-9(13)11(15-2)17-12/h8H,3-7H2,1-2H3,(H2,15,16,17). The van der Waals surface area contributed by atoms with Crippen LogP contribution in [-0.2, 0) is 0 Å². The van der Waals surface area contributed by atoms with E-state index in [2.05, 4.69) is 22.5 Å². The lowest BCUT2D eigenvalue weighted by Gasteiger charge is -2.10. The average Bonchev–Trinajstić information content (AvgIpc) is 2.31. The smallest absolute Gasteiger partial charge is 0.147 e. The van der Waals surface area contributed by atoms with Crippen LogP contribution in [0, 0.1) is 0 Å². The Labute approximate surface area is 113 Å². The third-order valence-corrected chi connectivity index (χ3v) is 3.07. The van der Waals surface area contributed by atoms with Gasteiger partial charge in [0.1, 0.15) is 11.6 Å². The molecule has 0 unspecified atom stereocenters. The van der Waals surface area contributed by atoms with E-state index in [0.29, 0.717) is 21.7 Å². The Morgan fingerprint density at radius 1 is 1.12 bits per heavy atom. The van der Waals surface area contributed by atoms with Gasteiger partial charge in [-0.1, -0.05) is 49.4 Å². The molecule has 0 aromatic carbocycles. The summed E-state index contributed by atoms with van der Waals surface area (Å²) in [5, 5.41) is 7.26. The van der Waals surface area contributed by atoms with Gasteiger partial charge in [0.05, 0.1) is 10.0 Å². The molecule has 0 aliphatic carbocycles. The molecule has 0 radical (unpaired) electrons. The van der Waals surface area contributed by atoms with Crippen LogP contribution in [0.1, 0.15) is 32.6 Å². The molecule has 1 aromatic rings. The Kier molecular flexibility index (Phi) is 6.45. The fourth-order valence-corrected chi connectivity index (χ4v) is 2.04. The highest BCUT2D eigenvalue weighted by atomic mass is 35.5. The maximum Gasteiger partial charge on any atom is 0.147 e. The van der Waals surface area contributed by atoms with Gasteiger partial charge < -0.3 is 10.6 Å². The third-order valence-electron chi connectivity index (χ3n) is 2.49. The molecular weight excluding hydrogens is 257 g/mol. The second-order valence-corrected chi connectivity index (χ2v) is 4.70. The minimum absolute atomic E-state index is 0.536. The van der Waals surface area contributed by atoms with E-state index in [9.17, 15) is 0 Å². The average molecular weight is 276 g/mol. The Bertz CT molecular complexity index is 356. The number of nitrogens with one attached hydrogen (secondary N) is 2. The molecule has 0 amide bonds. The lowest BCUT2D eigenvalue weighted by atomic mass is 10.2. The van der Waals surface area contributed by atoms with Gasteiger partial charge in [-0.15, -0.1) is 0 Å². The zero-order valence-corrected chi connectivity index (χ0v) is 11.8. The molecule has 3 nitrogen and oxygen atoms in total. The largest absolute Gasteiger partial charge is 0.372 e. The van der Waals surface area contributed by atoms with Gasteiger partial charge in [-0.05, 0) is 12.5 Å². The topological polar surface area (TPSA) is 37.0 Å². The van der Waals surface area contributed by atoms with Crippen LogP contribution >= 0.6 is 23.2 Å². The Morgan fingerprint density at radius 3 is 2.47 bits per heavy atom. The lowest BCUT2D eigenvalue weighted by Crippen LogP contribution is -2.05.